The third-order valence-corrected chi connectivity index (χ3v) is 4.70. The van der Waals surface area contributed by atoms with E-state index >= 15 is 0 Å². The minimum Gasteiger partial charge on any atom is -0.505 e. The van der Waals surface area contributed by atoms with Crippen LogP contribution in [0.1, 0.15) is 76.7 Å². The first-order valence-corrected chi connectivity index (χ1v) is 9.56. The summed E-state index contributed by atoms with van der Waals surface area (Å²) in [6.07, 6.45) is 13.6. The van der Waals surface area contributed by atoms with Gasteiger partial charge in [-0.1, -0.05) is 75.6 Å². The highest BCUT2D eigenvalue weighted by Gasteiger charge is 2.13. The van der Waals surface area contributed by atoms with Gasteiger partial charge in [0.2, 0.25) is 0 Å². The lowest BCUT2D eigenvalue weighted by Gasteiger charge is -2.09. The standard InChI is InChI=1S/C21H30N2O2/c1-2-3-4-5-6-7-8-9-10-13-19(23-25)18-15-14-17-12-11-16-22-20(17)21(18)24/h11-12,14-16,24-25H,2-10,13H2,1H3. The van der Waals surface area contributed by atoms with Gasteiger partial charge in [0.1, 0.15) is 5.52 Å². The molecule has 1 heterocycles. The van der Waals surface area contributed by atoms with Crippen molar-refractivity contribution in [1.29, 1.82) is 0 Å². The Morgan fingerprint density at radius 1 is 0.960 bits per heavy atom. The van der Waals surface area contributed by atoms with Crippen LogP contribution < -0.4 is 0 Å². The molecule has 0 aliphatic carbocycles. The zero-order valence-electron chi connectivity index (χ0n) is 15.2. The van der Waals surface area contributed by atoms with Crippen LogP contribution in [-0.2, 0) is 0 Å². The number of phenols is 1. The maximum atomic E-state index is 10.4. The van der Waals surface area contributed by atoms with E-state index in [0.29, 0.717) is 23.2 Å². The van der Waals surface area contributed by atoms with Crippen molar-refractivity contribution >= 4 is 16.6 Å². The first-order valence-electron chi connectivity index (χ1n) is 9.56. The van der Waals surface area contributed by atoms with Crippen molar-refractivity contribution < 1.29 is 10.3 Å². The maximum Gasteiger partial charge on any atom is 0.150 e. The largest absolute Gasteiger partial charge is 0.505 e. The Morgan fingerprint density at radius 3 is 2.32 bits per heavy atom. The molecule has 0 unspecified atom stereocenters. The molecular formula is C21H30N2O2. The topological polar surface area (TPSA) is 65.7 Å². The van der Waals surface area contributed by atoms with Crippen LogP contribution in [-0.4, -0.2) is 21.0 Å². The summed E-state index contributed by atoms with van der Waals surface area (Å²) < 4.78 is 0. The second-order valence-corrected chi connectivity index (χ2v) is 6.66. The molecule has 0 atom stereocenters. The average molecular weight is 342 g/mol. The van der Waals surface area contributed by atoms with Crippen LogP contribution in [0.2, 0.25) is 0 Å². The number of aromatic nitrogens is 1. The lowest BCUT2D eigenvalue weighted by molar-refractivity contribution is 0.317. The highest BCUT2D eigenvalue weighted by atomic mass is 16.4. The molecular weight excluding hydrogens is 312 g/mol. The second kappa shape index (κ2) is 10.7. The summed E-state index contributed by atoms with van der Waals surface area (Å²) in [6.45, 7) is 2.24. The Labute approximate surface area is 150 Å². The zero-order valence-corrected chi connectivity index (χ0v) is 15.2. The van der Waals surface area contributed by atoms with Crippen molar-refractivity contribution in [3.63, 3.8) is 0 Å². The number of aromatic hydroxyl groups is 1. The van der Waals surface area contributed by atoms with E-state index in [-0.39, 0.29) is 5.75 Å². The quantitative estimate of drug-likeness (QED) is 0.226. The fraction of sp³-hybridized carbons (Fsp3) is 0.524. The van der Waals surface area contributed by atoms with Crippen LogP contribution >= 0.6 is 0 Å². The number of rotatable bonds is 11. The van der Waals surface area contributed by atoms with Gasteiger partial charge in [-0.3, -0.25) is 4.98 Å². The van der Waals surface area contributed by atoms with Crippen molar-refractivity contribution in [3.8, 4) is 5.75 Å². The number of benzene rings is 1. The van der Waals surface area contributed by atoms with E-state index in [9.17, 15) is 10.3 Å². The highest BCUT2D eigenvalue weighted by molar-refractivity contribution is 6.06. The molecule has 4 heteroatoms. The number of unbranched alkanes of at least 4 members (excludes halogenated alkanes) is 8. The molecule has 0 fully saturated rings. The zero-order chi connectivity index (χ0) is 17.9. The summed E-state index contributed by atoms with van der Waals surface area (Å²) in [5.41, 5.74) is 1.66. The van der Waals surface area contributed by atoms with E-state index in [1.54, 1.807) is 6.20 Å². The predicted octanol–water partition coefficient (Wildman–Crippen LogP) is 6.04. The van der Waals surface area contributed by atoms with Crippen molar-refractivity contribution in [3.05, 3.63) is 36.0 Å². The smallest absolute Gasteiger partial charge is 0.150 e. The summed E-state index contributed by atoms with van der Waals surface area (Å²) in [6, 6.07) is 7.45. The van der Waals surface area contributed by atoms with Gasteiger partial charge in [0, 0.05) is 17.1 Å². The molecule has 1 aromatic carbocycles. The summed E-state index contributed by atoms with van der Waals surface area (Å²) in [4.78, 5) is 4.22. The molecule has 0 aliphatic heterocycles. The predicted molar refractivity (Wildman–Crippen MR) is 104 cm³/mol. The van der Waals surface area contributed by atoms with Crippen LogP contribution in [0, 0.1) is 0 Å². The molecule has 0 bridgehead atoms. The Kier molecular flexibility index (Phi) is 8.23. The average Bonchev–Trinajstić information content (AvgIpc) is 2.65. The molecule has 1 aromatic heterocycles. The molecule has 2 N–H and O–H groups in total. The summed E-state index contributed by atoms with van der Waals surface area (Å²) in [5.74, 6) is 0.0989. The second-order valence-electron chi connectivity index (χ2n) is 6.66. The molecule has 4 nitrogen and oxygen atoms in total. The molecule has 0 saturated heterocycles. The van der Waals surface area contributed by atoms with Gasteiger partial charge in [-0.05, 0) is 25.0 Å². The normalized spacial score (nSPS) is 12.0. The van der Waals surface area contributed by atoms with Crippen LogP contribution in [0.25, 0.3) is 10.9 Å². The Bertz CT molecular complexity index is 683. The van der Waals surface area contributed by atoms with Gasteiger partial charge >= 0.3 is 0 Å². The van der Waals surface area contributed by atoms with Crippen LogP contribution in [0.15, 0.2) is 35.6 Å². The first-order chi connectivity index (χ1) is 12.3. The lowest BCUT2D eigenvalue weighted by Crippen LogP contribution is -2.02. The van der Waals surface area contributed by atoms with Gasteiger partial charge in [-0.2, -0.15) is 0 Å². The van der Waals surface area contributed by atoms with Crippen LogP contribution in [0.3, 0.4) is 0 Å². The molecule has 0 aliphatic rings. The van der Waals surface area contributed by atoms with E-state index in [4.69, 9.17) is 0 Å². The van der Waals surface area contributed by atoms with Gasteiger partial charge in [-0.25, -0.2) is 0 Å². The van der Waals surface area contributed by atoms with Gasteiger partial charge in [0.05, 0.1) is 5.71 Å². The van der Waals surface area contributed by atoms with Gasteiger partial charge in [0.15, 0.2) is 5.75 Å². The fourth-order valence-corrected chi connectivity index (χ4v) is 3.20. The van der Waals surface area contributed by atoms with Crippen molar-refractivity contribution in [1.82, 2.24) is 4.98 Å². The highest BCUT2D eigenvalue weighted by Crippen LogP contribution is 2.28. The van der Waals surface area contributed by atoms with E-state index in [1.807, 2.05) is 24.3 Å². The van der Waals surface area contributed by atoms with E-state index in [1.165, 1.54) is 44.9 Å². The Morgan fingerprint density at radius 2 is 1.64 bits per heavy atom. The van der Waals surface area contributed by atoms with E-state index in [0.717, 1.165) is 18.2 Å². The van der Waals surface area contributed by atoms with Crippen molar-refractivity contribution in [2.75, 3.05) is 0 Å². The number of nitrogens with zero attached hydrogens (tertiary/aromatic N) is 2. The number of pyridine rings is 1. The van der Waals surface area contributed by atoms with Crippen molar-refractivity contribution in [2.24, 2.45) is 5.16 Å². The summed E-state index contributed by atoms with van der Waals surface area (Å²) in [7, 11) is 0. The summed E-state index contributed by atoms with van der Waals surface area (Å²) >= 11 is 0. The monoisotopic (exact) mass is 342 g/mol. The van der Waals surface area contributed by atoms with Crippen LogP contribution in [0.5, 0.6) is 5.75 Å². The van der Waals surface area contributed by atoms with Gasteiger partial charge in [-0.15, -0.1) is 0 Å². The number of hydrogen-bond donors (Lipinski definition) is 2. The molecule has 0 amide bonds. The van der Waals surface area contributed by atoms with E-state index < -0.39 is 0 Å². The first kappa shape index (κ1) is 19.2. The summed E-state index contributed by atoms with van der Waals surface area (Å²) in [5, 5.41) is 24.1. The molecule has 2 rings (SSSR count). The Balaban J connectivity index is 1.80. The molecule has 0 spiro atoms. The maximum absolute atomic E-state index is 10.4. The minimum absolute atomic E-state index is 0.0989. The van der Waals surface area contributed by atoms with Crippen LogP contribution in [0.4, 0.5) is 0 Å². The third kappa shape index (κ3) is 5.73. The number of phenolic OH excluding ortho intramolecular Hbond substituents is 1. The number of oxime groups is 1. The molecule has 0 radical (unpaired) electrons. The fourth-order valence-electron chi connectivity index (χ4n) is 3.20. The van der Waals surface area contributed by atoms with Crippen molar-refractivity contribution in [2.45, 2.75) is 71.1 Å². The number of hydrogen-bond acceptors (Lipinski definition) is 4. The number of fused-ring (bicyclic) bond motifs is 1. The van der Waals surface area contributed by atoms with Gasteiger partial charge < -0.3 is 10.3 Å². The SMILES string of the molecule is CCCCCCCCCCCC(=NO)c1ccc2cccnc2c1O. The molecule has 2 aromatic rings. The molecule has 25 heavy (non-hydrogen) atoms. The molecule has 0 saturated carbocycles. The minimum atomic E-state index is 0.0989. The Hall–Kier alpha value is -2.10. The van der Waals surface area contributed by atoms with E-state index in [2.05, 4.69) is 17.1 Å². The third-order valence-electron chi connectivity index (χ3n) is 4.70. The lowest BCUT2D eigenvalue weighted by atomic mass is 10.00. The van der Waals surface area contributed by atoms with Gasteiger partial charge in [0.25, 0.3) is 0 Å². The molecule has 136 valence electrons.